The molecule has 0 radical (unpaired) electrons. The third kappa shape index (κ3) is 5.40. The van der Waals surface area contributed by atoms with Crippen LogP contribution in [0, 0.1) is 0 Å². The number of hydrogen-bond acceptors (Lipinski definition) is 5. The fourth-order valence-electron chi connectivity index (χ4n) is 2.23. The van der Waals surface area contributed by atoms with Gasteiger partial charge in [-0.05, 0) is 18.2 Å². The van der Waals surface area contributed by atoms with E-state index in [4.69, 9.17) is 9.90 Å². The van der Waals surface area contributed by atoms with E-state index in [-0.39, 0.29) is 17.2 Å². The summed E-state index contributed by atoms with van der Waals surface area (Å²) in [5.74, 6) is -3.01. The number of aromatic nitrogens is 4. The number of carbonyl (C=O) groups is 2. The lowest BCUT2D eigenvalue weighted by Gasteiger charge is -2.16. The van der Waals surface area contributed by atoms with Crippen molar-refractivity contribution in [3.63, 3.8) is 0 Å². The molecule has 0 bridgehead atoms. The summed E-state index contributed by atoms with van der Waals surface area (Å²) in [6.45, 7) is 0.397. The minimum absolute atomic E-state index is 0.235. The van der Waals surface area contributed by atoms with Crippen LogP contribution < -0.4 is 5.56 Å². The Kier molecular flexibility index (Phi) is 6.36. The molecule has 1 amide bonds. The van der Waals surface area contributed by atoms with Gasteiger partial charge in [0, 0.05) is 26.4 Å². The van der Waals surface area contributed by atoms with Crippen LogP contribution in [0.5, 0.6) is 0 Å². The molecule has 3 rings (SSSR count). The van der Waals surface area contributed by atoms with Crippen molar-refractivity contribution in [1.82, 2.24) is 24.1 Å². The number of hydrogen-bond donors (Lipinski definition) is 1. The van der Waals surface area contributed by atoms with E-state index in [9.17, 15) is 22.8 Å². The zero-order valence-corrected chi connectivity index (χ0v) is 15.3. The van der Waals surface area contributed by atoms with Crippen LogP contribution in [0.1, 0.15) is 16.2 Å². The van der Waals surface area contributed by atoms with E-state index in [1.165, 1.54) is 19.2 Å². The summed E-state index contributed by atoms with van der Waals surface area (Å²) in [5.41, 5.74) is 1.72. The molecule has 0 aromatic carbocycles. The van der Waals surface area contributed by atoms with E-state index >= 15 is 0 Å². The molecule has 12 heteroatoms. The molecule has 0 aliphatic carbocycles. The minimum atomic E-state index is -5.08. The summed E-state index contributed by atoms with van der Waals surface area (Å²) in [6.07, 6.45) is -1.44. The quantitative estimate of drug-likeness (QED) is 0.697. The number of alkyl halides is 3. The molecule has 0 unspecified atom stereocenters. The Balaban J connectivity index is 0.000000370. The number of aliphatic carboxylic acids is 1. The normalized spacial score (nSPS) is 10.9. The standard InChI is InChI=1S/C15H15N5O2.C2HF3O2/c1-18(15(22)12-6-7-14(21)19(2)17-12)10-11-9-16-13-5-3-4-8-20(11)13;3-2(4,5)1(6)7/h3-9H,10H2,1-2H3;(H,6,7). The van der Waals surface area contributed by atoms with Crippen molar-refractivity contribution in [3.8, 4) is 0 Å². The van der Waals surface area contributed by atoms with Crippen LogP contribution in [-0.2, 0) is 18.4 Å². The van der Waals surface area contributed by atoms with Crippen LogP contribution in [0.3, 0.4) is 0 Å². The Bertz CT molecular complexity index is 1090. The molecule has 0 aliphatic heterocycles. The molecule has 154 valence electrons. The summed E-state index contributed by atoms with van der Waals surface area (Å²) in [5, 5.41) is 11.1. The number of amides is 1. The van der Waals surface area contributed by atoms with E-state index in [0.29, 0.717) is 6.54 Å². The van der Waals surface area contributed by atoms with E-state index in [0.717, 1.165) is 16.0 Å². The Morgan fingerprint density at radius 3 is 2.45 bits per heavy atom. The number of carboxylic acids is 1. The highest BCUT2D eigenvalue weighted by atomic mass is 19.4. The molecule has 0 saturated heterocycles. The molecule has 9 nitrogen and oxygen atoms in total. The van der Waals surface area contributed by atoms with E-state index in [1.54, 1.807) is 18.1 Å². The highest BCUT2D eigenvalue weighted by Gasteiger charge is 2.38. The van der Waals surface area contributed by atoms with Crippen molar-refractivity contribution in [2.75, 3.05) is 7.05 Å². The smallest absolute Gasteiger partial charge is 0.475 e. The second-order valence-corrected chi connectivity index (χ2v) is 5.82. The molecule has 0 spiro atoms. The topological polar surface area (TPSA) is 110 Å². The maximum absolute atomic E-state index is 12.4. The Morgan fingerprint density at radius 1 is 1.21 bits per heavy atom. The number of nitrogens with zero attached hydrogens (tertiary/aromatic N) is 5. The van der Waals surface area contributed by atoms with E-state index < -0.39 is 12.1 Å². The first-order valence-corrected chi connectivity index (χ1v) is 8.01. The molecule has 0 aliphatic rings. The first kappa shape index (κ1) is 21.6. The molecule has 3 aromatic heterocycles. The molecule has 3 heterocycles. The van der Waals surface area contributed by atoms with Gasteiger partial charge >= 0.3 is 12.1 Å². The number of rotatable bonds is 3. The van der Waals surface area contributed by atoms with Gasteiger partial charge in [0.25, 0.3) is 11.5 Å². The van der Waals surface area contributed by atoms with E-state index in [2.05, 4.69) is 10.1 Å². The molecule has 0 saturated carbocycles. The average molecular weight is 411 g/mol. The number of pyridine rings is 1. The largest absolute Gasteiger partial charge is 0.490 e. The maximum Gasteiger partial charge on any atom is 0.490 e. The zero-order chi connectivity index (χ0) is 21.8. The average Bonchev–Trinajstić information content (AvgIpc) is 3.06. The van der Waals surface area contributed by atoms with Crippen molar-refractivity contribution >= 4 is 17.5 Å². The van der Waals surface area contributed by atoms with Crippen molar-refractivity contribution < 1.29 is 27.9 Å². The predicted molar refractivity (Wildman–Crippen MR) is 94.2 cm³/mol. The second-order valence-electron chi connectivity index (χ2n) is 5.82. The first-order chi connectivity index (χ1) is 13.5. The SMILES string of the molecule is CN(Cc1cnc2ccccn12)C(=O)c1ccc(=O)n(C)n1.O=C(O)C(F)(F)F. The van der Waals surface area contributed by atoms with Gasteiger partial charge in [0.15, 0.2) is 0 Å². The zero-order valence-electron chi connectivity index (χ0n) is 15.3. The molecule has 1 N–H and O–H groups in total. The van der Waals surface area contributed by atoms with Crippen LogP contribution in [0.15, 0.2) is 47.5 Å². The number of aryl methyl sites for hydroxylation is 1. The minimum Gasteiger partial charge on any atom is -0.475 e. The van der Waals surface area contributed by atoms with Crippen LogP contribution in [-0.4, -0.2) is 54.3 Å². The monoisotopic (exact) mass is 411 g/mol. The summed E-state index contributed by atoms with van der Waals surface area (Å²) in [6, 6.07) is 8.50. The van der Waals surface area contributed by atoms with Gasteiger partial charge in [-0.15, -0.1) is 0 Å². The summed E-state index contributed by atoms with van der Waals surface area (Å²) >= 11 is 0. The predicted octanol–water partition coefficient (Wildman–Crippen LogP) is 1.33. The van der Waals surface area contributed by atoms with Gasteiger partial charge in [0.05, 0.1) is 18.4 Å². The first-order valence-electron chi connectivity index (χ1n) is 8.01. The Morgan fingerprint density at radius 2 is 1.86 bits per heavy atom. The van der Waals surface area contributed by atoms with Gasteiger partial charge in [-0.25, -0.2) is 14.5 Å². The van der Waals surface area contributed by atoms with Crippen molar-refractivity contribution in [1.29, 1.82) is 0 Å². The molecule has 3 aromatic rings. The van der Waals surface area contributed by atoms with Crippen LogP contribution in [0.2, 0.25) is 0 Å². The van der Waals surface area contributed by atoms with E-state index in [1.807, 2.05) is 28.8 Å². The van der Waals surface area contributed by atoms with Gasteiger partial charge in [0.1, 0.15) is 11.3 Å². The van der Waals surface area contributed by atoms with Crippen molar-refractivity contribution in [2.45, 2.75) is 12.7 Å². The lowest BCUT2D eigenvalue weighted by molar-refractivity contribution is -0.192. The Hall–Kier alpha value is -3.70. The summed E-state index contributed by atoms with van der Waals surface area (Å²) < 4.78 is 34.8. The van der Waals surface area contributed by atoms with Gasteiger partial charge in [0.2, 0.25) is 0 Å². The van der Waals surface area contributed by atoms with Crippen LogP contribution in [0.25, 0.3) is 5.65 Å². The summed E-state index contributed by atoms with van der Waals surface area (Å²) in [7, 11) is 3.21. The van der Waals surface area contributed by atoms with Crippen LogP contribution >= 0.6 is 0 Å². The van der Waals surface area contributed by atoms with Crippen molar-refractivity contribution in [2.24, 2.45) is 7.05 Å². The highest BCUT2D eigenvalue weighted by molar-refractivity contribution is 5.91. The van der Waals surface area contributed by atoms with Crippen molar-refractivity contribution in [3.05, 3.63) is 64.5 Å². The molecular weight excluding hydrogens is 395 g/mol. The highest BCUT2D eigenvalue weighted by Crippen LogP contribution is 2.13. The summed E-state index contributed by atoms with van der Waals surface area (Å²) in [4.78, 5) is 38.5. The van der Waals surface area contributed by atoms with Gasteiger partial charge in [-0.2, -0.15) is 18.3 Å². The Labute approximate surface area is 161 Å². The lowest BCUT2D eigenvalue weighted by Crippen LogP contribution is -2.30. The fraction of sp³-hybridized carbons (Fsp3) is 0.235. The van der Waals surface area contributed by atoms with Gasteiger partial charge < -0.3 is 14.4 Å². The molecule has 29 heavy (non-hydrogen) atoms. The fourth-order valence-corrected chi connectivity index (χ4v) is 2.23. The van der Waals surface area contributed by atoms with Crippen LogP contribution in [0.4, 0.5) is 13.2 Å². The molecular formula is C17H16F3N5O4. The number of imidazole rings is 1. The molecule has 0 fully saturated rings. The van der Waals surface area contributed by atoms with Gasteiger partial charge in [-0.1, -0.05) is 6.07 Å². The number of carboxylic acid groups (broad SMARTS) is 1. The third-order valence-electron chi connectivity index (χ3n) is 3.66. The second kappa shape index (κ2) is 8.54. The number of fused-ring (bicyclic) bond motifs is 1. The lowest BCUT2D eigenvalue weighted by atomic mass is 10.3. The number of carbonyl (C=O) groups excluding carboxylic acids is 1. The maximum atomic E-state index is 12.4. The molecule has 0 atom stereocenters. The number of halogens is 3. The third-order valence-corrected chi connectivity index (χ3v) is 3.66. The van der Waals surface area contributed by atoms with Gasteiger partial charge in [-0.3, -0.25) is 9.59 Å².